The molecule has 3 rings (SSSR count). The molecular weight excluding hydrogens is 312 g/mol. The Kier molecular flexibility index (Phi) is 3.99. The summed E-state index contributed by atoms with van der Waals surface area (Å²) in [6.45, 7) is 0. The maximum Gasteiger partial charge on any atom is 0.281 e. The highest BCUT2D eigenvalue weighted by Gasteiger charge is 2.32. The van der Waals surface area contributed by atoms with Gasteiger partial charge in [-0.3, -0.25) is 9.69 Å². The van der Waals surface area contributed by atoms with E-state index in [1.165, 1.54) is 4.90 Å². The second-order valence-corrected chi connectivity index (χ2v) is 5.27. The first-order valence-electron chi connectivity index (χ1n) is 6.89. The summed E-state index contributed by atoms with van der Waals surface area (Å²) >= 11 is 5.25. The normalized spacial score (nSPS) is 15.9. The standard InChI is InChI=1S/C17H14N2O3S/c1-22-13-8-6-12(7-9-13)19-16(21)14(18-17(19)23)10-11-4-2-3-5-15(11)20/h2-10,20H,1H3,(H,18,23)/b14-10-. The number of benzene rings is 2. The van der Waals surface area contributed by atoms with Crippen LogP contribution < -0.4 is 15.0 Å². The number of methoxy groups -OCH3 is 1. The van der Waals surface area contributed by atoms with Crippen LogP contribution in [0.25, 0.3) is 6.08 Å². The summed E-state index contributed by atoms with van der Waals surface area (Å²) < 4.78 is 5.11. The highest BCUT2D eigenvalue weighted by molar-refractivity contribution is 7.80. The van der Waals surface area contributed by atoms with Crippen molar-refractivity contribution in [3.8, 4) is 11.5 Å². The van der Waals surface area contributed by atoms with E-state index in [2.05, 4.69) is 5.32 Å². The highest BCUT2D eigenvalue weighted by atomic mass is 32.1. The lowest BCUT2D eigenvalue weighted by atomic mass is 10.1. The van der Waals surface area contributed by atoms with Gasteiger partial charge in [-0.15, -0.1) is 0 Å². The quantitative estimate of drug-likeness (QED) is 0.671. The topological polar surface area (TPSA) is 61.8 Å². The maximum atomic E-state index is 12.6. The summed E-state index contributed by atoms with van der Waals surface area (Å²) in [5, 5.41) is 13.0. The number of phenols is 1. The van der Waals surface area contributed by atoms with Crippen LogP contribution in [-0.4, -0.2) is 23.2 Å². The van der Waals surface area contributed by atoms with Crippen LogP contribution in [0.2, 0.25) is 0 Å². The van der Waals surface area contributed by atoms with Gasteiger partial charge in [0.15, 0.2) is 5.11 Å². The molecule has 0 bridgehead atoms. The van der Waals surface area contributed by atoms with Crippen LogP contribution in [0.15, 0.2) is 54.2 Å². The summed E-state index contributed by atoms with van der Waals surface area (Å²) in [4.78, 5) is 14.0. The number of phenolic OH excluding ortho intramolecular Hbond substituents is 1. The van der Waals surface area contributed by atoms with Gasteiger partial charge in [-0.1, -0.05) is 18.2 Å². The zero-order valence-corrected chi connectivity index (χ0v) is 13.1. The van der Waals surface area contributed by atoms with E-state index < -0.39 is 0 Å². The van der Waals surface area contributed by atoms with Crippen molar-refractivity contribution in [1.29, 1.82) is 0 Å². The average Bonchev–Trinajstić information content (AvgIpc) is 2.84. The van der Waals surface area contributed by atoms with Crippen molar-refractivity contribution >= 4 is 35.0 Å². The molecule has 2 aromatic rings. The van der Waals surface area contributed by atoms with Gasteiger partial charge < -0.3 is 15.2 Å². The second-order valence-electron chi connectivity index (χ2n) is 4.89. The number of aromatic hydroxyl groups is 1. The van der Waals surface area contributed by atoms with E-state index in [9.17, 15) is 9.90 Å². The van der Waals surface area contributed by atoms with Gasteiger partial charge in [0.25, 0.3) is 5.91 Å². The van der Waals surface area contributed by atoms with Gasteiger partial charge in [-0.25, -0.2) is 0 Å². The summed E-state index contributed by atoms with van der Waals surface area (Å²) in [6.07, 6.45) is 1.58. The molecule has 0 spiro atoms. The van der Waals surface area contributed by atoms with Gasteiger partial charge in [0, 0.05) is 5.56 Å². The number of amides is 1. The molecule has 23 heavy (non-hydrogen) atoms. The van der Waals surface area contributed by atoms with E-state index in [4.69, 9.17) is 17.0 Å². The van der Waals surface area contributed by atoms with Crippen molar-refractivity contribution in [2.24, 2.45) is 0 Å². The monoisotopic (exact) mass is 326 g/mol. The summed E-state index contributed by atoms with van der Waals surface area (Å²) in [5.74, 6) is 0.524. The van der Waals surface area contributed by atoms with Crippen LogP contribution in [0.1, 0.15) is 5.56 Å². The molecule has 5 nitrogen and oxygen atoms in total. The number of para-hydroxylation sites is 1. The van der Waals surface area contributed by atoms with E-state index in [0.29, 0.717) is 27.8 Å². The maximum absolute atomic E-state index is 12.6. The first-order valence-corrected chi connectivity index (χ1v) is 7.30. The van der Waals surface area contributed by atoms with Gasteiger partial charge >= 0.3 is 0 Å². The number of hydrogen-bond acceptors (Lipinski definition) is 4. The van der Waals surface area contributed by atoms with Crippen molar-refractivity contribution in [2.45, 2.75) is 0 Å². The smallest absolute Gasteiger partial charge is 0.281 e. The zero-order valence-electron chi connectivity index (χ0n) is 12.3. The van der Waals surface area contributed by atoms with E-state index in [1.54, 1.807) is 61.7 Å². The molecule has 1 amide bonds. The van der Waals surface area contributed by atoms with Crippen LogP contribution >= 0.6 is 12.2 Å². The van der Waals surface area contributed by atoms with Gasteiger partial charge in [0.2, 0.25) is 0 Å². The number of ether oxygens (including phenoxy) is 1. The molecule has 0 saturated carbocycles. The van der Waals surface area contributed by atoms with Gasteiger partial charge in [0.1, 0.15) is 17.2 Å². The predicted molar refractivity (Wildman–Crippen MR) is 92.3 cm³/mol. The zero-order chi connectivity index (χ0) is 16.4. The largest absolute Gasteiger partial charge is 0.507 e. The Morgan fingerprint density at radius 1 is 1.17 bits per heavy atom. The molecule has 1 aliphatic rings. The molecule has 0 aliphatic carbocycles. The molecule has 0 radical (unpaired) electrons. The van der Waals surface area contributed by atoms with E-state index in [-0.39, 0.29) is 11.7 Å². The van der Waals surface area contributed by atoms with E-state index in [1.807, 2.05) is 0 Å². The molecular formula is C17H14N2O3S. The molecule has 6 heteroatoms. The molecule has 0 aromatic heterocycles. The molecule has 116 valence electrons. The lowest BCUT2D eigenvalue weighted by molar-refractivity contribution is -0.113. The Morgan fingerprint density at radius 3 is 2.52 bits per heavy atom. The van der Waals surface area contributed by atoms with Crippen molar-refractivity contribution in [3.63, 3.8) is 0 Å². The number of anilines is 1. The number of carbonyl (C=O) groups excluding carboxylic acids is 1. The molecule has 1 aliphatic heterocycles. The third-order valence-corrected chi connectivity index (χ3v) is 3.73. The first-order chi connectivity index (χ1) is 11.1. The highest BCUT2D eigenvalue weighted by Crippen LogP contribution is 2.26. The molecule has 2 aromatic carbocycles. The van der Waals surface area contributed by atoms with Crippen molar-refractivity contribution in [3.05, 3.63) is 59.8 Å². The molecule has 2 N–H and O–H groups in total. The average molecular weight is 326 g/mol. The van der Waals surface area contributed by atoms with Gasteiger partial charge in [0.05, 0.1) is 12.8 Å². The van der Waals surface area contributed by atoms with Crippen LogP contribution in [-0.2, 0) is 4.79 Å². The van der Waals surface area contributed by atoms with E-state index in [0.717, 1.165) is 0 Å². The third-order valence-electron chi connectivity index (χ3n) is 3.45. The predicted octanol–water partition coefficient (Wildman–Crippen LogP) is 2.66. The van der Waals surface area contributed by atoms with Crippen LogP contribution in [0.5, 0.6) is 11.5 Å². The van der Waals surface area contributed by atoms with Crippen molar-refractivity contribution in [1.82, 2.24) is 5.32 Å². The minimum atomic E-state index is -0.275. The Morgan fingerprint density at radius 2 is 1.87 bits per heavy atom. The first kappa shape index (κ1) is 15.1. The summed E-state index contributed by atoms with van der Waals surface area (Å²) in [7, 11) is 1.58. The summed E-state index contributed by atoms with van der Waals surface area (Å²) in [5.41, 5.74) is 1.50. The second kappa shape index (κ2) is 6.10. The molecule has 0 atom stereocenters. The van der Waals surface area contributed by atoms with E-state index >= 15 is 0 Å². The Balaban J connectivity index is 1.92. The minimum Gasteiger partial charge on any atom is -0.507 e. The van der Waals surface area contributed by atoms with Crippen LogP contribution in [0.4, 0.5) is 5.69 Å². The number of thiocarbonyl (C=S) groups is 1. The fourth-order valence-electron chi connectivity index (χ4n) is 2.27. The van der Waals surface area contributed by atoms with Gasteiger partial charge in [-0.05, 0) is 48.6 Å². The Labute approximate surface area is 138 Å². The third kappa shape index (κ3) is 2.89. The molecule has 1 heterocycles. The van der Waals surface area contributed by atoms with Gasteiger partial charge in [-0.2, -0.15) is 0 Å². The summed E-state index contributed by atoms with van der Waals surface area (Å²) in [6, 6.07) is 13.8. The molecule has 0 unspecified atom stereocenters. The number of hydrogen-bond donors (Lipinski definition) is 2. The van der Waals surface area contributed by atoms with Crippen LogP contribution in [0, 0.1) is 0 Å². The minimum absolute atomic E-state index is 0.100. The van der Waals surface area contributed by atoms with Crippen LogP contribution in [0.3, 0.4) is 0 Å². The lowest BCUT2D eigenvalue weighted by Crippen LogP contribution is -2.30. The number of nitrogens with zero attached hydrogens (tertiary/aromatic N) is 1. The van der Waals surface area contributed by atoms with Crippen molar-refractivity contribution in [2.75, 3.05) is 12.0 Å². The number of rotatable bonds is 3. The molecule has 1 saturated heterocycles. The lowest BCUT2D eigenvalue weighted by Gasteiger charge is -2.14. The van der Waals surface area contributed by atoms with Crippen molar-refractivity contribution < 1.29 is 14.6 Å². The number of carbonyl (C=O) groups is 1. The Hall–Kier alpha value is -2.86. The fourth-order valence-corrected chi connectivity index (χ4v) is 2.56. The Bertz CT molecular complexity index is 800. The SMILES string of the molecule is COc1ccc(N2C(=O)/C(=C/c3ccccc3O)NC2=S)cc1. The molecule has 1 fully saturated rings. The fraction of sp³-hybridized carbons (Fsp3) is 0.0588. The number of nitrogens with one attached hydrogen (secondary N) is 1.